The molecule has 1 fully saturated rings. The number of aryl methyl sites for hydroxylation is 1. The number of anilines is 1. The number of nitrogens with one attached hydrogen (secondary N) is 1. The van der Waals surface area contributed by atoms with Crippen LogP contribution in [0.1, 0.15) is 30.7 Å². The highest BCUT2D eigenvalue weighted by molar-refractivity contribution is 7.98. The molecule has 0 saturated heterocycles. The molecule has 1 N–H and O–H groups in total. The summed E-state index contributed by atoms with van der Waals surface area (Å²) < 4.78 is 0. The molecule has 116 valence electrons. The van der Waals surface area contributed by atoms with Crippen molar-refractivity contribution in [2.45, 2.75) is 43.5 Å². The van der Waals surface area contributed by atoms with Crippen LogP contribution in [0.5, 0.6) is 0 Å². The predicted molar refractivity (Wildman–Crippen MR) is 91.2 cm³/mol. The van der Waals surface area contributed by atoms with Gasteiger partial charge in [-0.2, -0.15) is 0 Å². The van der Waals surface area contributed by atoms with E-state index in [1.165, 1.54) is 24.8 Å². The number of pyridine rings is 1. The van der Waals surface area contributed by atoms with Crippen LogP contribution in [0.3, 0.4) is 0 Å². The molecule has 5 heteroatoms. The quantitative estimate of drug-likeness (QED) is 0.852. The Hall–Kier alpha value is -1.62. The number of hydrogen-bond donors (Lipinski definition) is 1. The summed E-state index contributed by atoms with van der Waals surface area (Å²) in [5, 5.41) is 3.55. The second-order valence-electron chi connectivity index (χ2n) is 5.98. The molecular weight excluding hydrogens is 292 g/mol. The predicted octanol–water partition coefficient (Wildman–Crippen LogP) is 3.73. The van der Waals surface area contributed by atoms with Crippen LogP contribution in [-0.2, 0) is 6.42 Å². The molecule has 1 aliphatic carbocycles. The Morgan fingerprint density at radius 2 is 1.95 bits per heavy atom. The monoisotopic (exact) mass is 314 g/mol. The maximum absolute atomic E-state index is 4.47. The van der Waals surface area contributed by atoms with Gasteiger partial charge >= 0.3 is 0 Å². The Morgan fingerprint density at radius 3 is 2.64 bits per heavy atom. The lowest BCUT2D eigenvalue weighted by molar-refractivity contribution is 0.523. The van der Waals surface area contributed by atoms with Crippen LogP contribution in [-0.4, -0.2) is 27.2 Å². The van der Waals surface area contributed by atoms with E-state index in [1.54, 1.807) is 11.8 Å². The van der Waals surface area contributed by atoms with Gasteiger partial charge in [0.25, 0.3) is 0 Å². The largest absolute Gasteiger partial charge is 0.367 e. The second kappa shape index (κ2) is 7.09. The topological polar surface area (TPSA) is 50.7 Å². The first-order valence-electron chi connectivity index (χ1n) is 7.77. The Morgan fingerprint density at radius 1 is 1.14 bits per heavy atom. The van der Waals surface area contributed by atoms with Crippen LogP contribution < -0.4 is 5.32 Å². The SMILES string of the molecule is CSc1cnc(C[C@H]2CC[C@H](Nc3ccc(C)cn3)C2)nc1. The summed E-state index contributed by atoms with van der Waals surface area (Å²) in [6.45, 7) is 2.06. The highest BCUT2D eigenvalue weighted by atomic mass is 32.2. The molecule has 0 amide bonds. The summed E-state index contributed by atoms with van der Waals surface area (Å²) in [6.07, 6.45) is 12.4. The minimum Gasteiger partial charge on any atom is -0.367 e. The van der Waals surface area contributed by atoms with Gasteiger partial charge in [-0.25, -0.2) is 15.0 Å². The number of nitrogens with zero attached hydrogens (tertiary/aromatic N) is 3. The first-order chi connectivity index (χ1) is 10.7. The van der Waals surface area contributed by atoms with Crippen LogP contribution in [0.4, 0.5) is 5.82 Å². The van der Waals surface area contributed by atoms with Crippen molar-refractivity contribution in [1.29, 1.82) is 0 Å². The van der Waals surface area contributed by atoms with Gasteiger partial charge in [0.15, 0.2) is 0 Å². The summed E-state index contributed by atoms with van der Waals surface area (Å²) >= 11 is 1.68. The zero-order valence-electron chi connectivity index (χ0n) is 13.1. The zero-order valence-corrected chi connectivity index (χ0v) is 13.9. The number of aromatic nitrogens is 3. The van der Waals surface area contributed by atoms with Crippen molar-refractivity contribution in [1.82, 2.24) is 15.0 Å². The van der Waals surface area contributed by atoms with E-state index in [9.17, 15) is 0 Å². The van der Waals surface area contributed by atoms with Gasteiger partial charge in [-0.1, -0.05) is 6.07 Å². The molecule has 0 bridgehead atoms. The van der Waals surface area contributed by atoms with Crippen LogP contribution in [0.2, 0.25) is 0 Å². The first kappa shape index (κ1) is 15.3. The van der Waals surface area contributed by atoms with Gasteiger partial charge in [-0.05, 0) is 50.0 Å². The summed E-state index contributed by atoms with van der Waals surface area (Å²) in [4.78, 5) is 14.5. The fraction of sp³-hybridized carbons (Fsp3) is 0.471. The molecule has 0 aromatic carbocycles. The smallest absolute Gasteiger partial charge is 0.128 e. The lowest BCUT2D eigenvalue weighted by Gasteiger charge is -2.14. The maximum atomic E-state index is 4.47. The molecule has 2 atom stereocenters. The van der Waals surface area contributed by atoms with Gasteiger partial charge in [0.05, 0.1) is 0 Å². The zero-order chi connectivity index (χ0) is 15.4. The van der Waals surface area contributed by atoms with E-state index < -0.39 is 0 Å². The minimum absolute atomic E-state index is 0.519. The summed E-state index contributed by atoms with van der Waals surface area (Å²) in [6, 6.07) is 4.68. The first-order valence-corrected chi connectivity index (χ1v) is 8.99. The van der Waals surface area contributed by atoms with E-state index in [1.807, 2.05) is 24.8 Å². The molecule has 1 aliphatic rings. The van der Waals surface area contributed by atoms with E-state index >= 15 is 0 Å². The van der Waals surface area contributed by atoms with E-state index in [0.717, 1.165) is 23.0 Å². The van der Waals surface area contributed by atoms with Gasteiger partial charge < -0.3 is 5.32 Å². The van der Waals surface area contributed by atoms with Crippen LogP contribution in [0, 0.1) is 12.8 Å². The standard InChI is InChI=1S/C17H22N4S/c1-12-3-6-16(18-9-12)21-14-5-4-13(7-14)8-17-19-10-15(22-2)11-20-17/h3,6,9-11,13-14H,4-5,7-8H2,1-2H3,(H,18,21)/t13-,14-/m0/s1. The van der Waals surface area contributed by atoms with Crippen molar-refractivity contribution >= 4 is 17.6 Å². The van der Waals surface area contributed by atoms with Crippen LogP contribution in [0.15, 0.2) is 35.6 Å². The highest BCUT2D eigenvalue weighted by Crippen LogP contribution is 2.29. The number of thioether (sulfide) groups is 1. The van der Waals surface area contributed by atoms with Crippen molar-refractivity contribution < 1.29 is 0 Å². The molecule has 2 aromatic heterocycles. The molecule has 0 aliphatic heterocycles. The van der Waals surface area contributed by atoms with Crippen molar-refractivity contribution in [3.8, 4) is 0 Å². The molecule has 0 spiro atoms. The van der Waals surface area contributed by atoms with Gasteiger partial charge in [-0.3, -0.25) is 0 Å². The lowest BCUT2D eigenvalue weighted by atomic mass is 10.0. The third-order valence-electron chi connectivity index (χ3n) is 4.19. The van der Waals surface area contributed by atoms with Crippen molar-refractivity contribution in [2.24, 2.45) is 5.92 Å². The minimum atomic E-state index is 0.519. The summed E-state index contributed by atoms with van der Waals surface area (Å²) in [7, 11) is 0. The fourth-order valence-electron chi connectivity index (χ4n) is 2.97. The van der Waals surface area contributed by atoms with Crippen LogP contribution >= 0.6 is 11.8 Å². The van der Waals surface area contributed by atoms with E-state index in [0.29, 0.717) is 12.0 Å². The van der Waals surface area contributed by atoms with Gasteiger partial charge in [0, 0.05) is 35.9 Å². The van der Waals surface area contributed by atoms with Crippen molar-refractivity contribution in [3.63, 3.8) is 0 Å². The average molecular weight is 314 g/mol. The van der Waals surface area contributed by atoms with Crippen molar-refractivity contribution in [3.05, 3.63) is 42.1 Å². The molecule has 2 heterocycles. The Kier molecular flexibility index (Phi) is 4.93. The fourth-order valence-corrected chi connectivity index (χ4v) is 3.28. The number of hydrogen-bond acceptors (Lipinski definition) is 5. The molecule has 2 aromatic rings. The van der Waals surface area contributed by atoms with Gasteiger partial charge in [0.1, 0.15) is 11.6 Å². The Bertz CT molecular complexity index is 597. The molecule has 0 unspecified atom stereocenters. The summed E-state index contributed by atoms with van der Waals surface area (Å²) in [5.41, 5.74) is 1.20. The Labute approximate surface area is 136 Å². The van der Waals surface area contributed by atoms with Crippen LogP contribution in [0.25, 0.3) is 0 Å². The molecule has 22 heavy (non-hydrogen) atoms. The summed E-state index contributed by atoms with van der Waals surface area (Å²) in [5.74, 6) is 2.62. The lowest BCUT2D eigenvalue weighted by Crippen LogP contribution is -2.17. The molecule has 0 radical (unpaired) electrons. The highest BCUT2D eigenvalue weighted by Gasteiger charge is 2.25. The maximum Gasteiger partial charge on any atom is 0.128 e. The van der Waals surface area contributed by atoms with Crippen molar-refractivity contribution in [2.75, 3.05) is 11.6 Å². The Balaban J connectivity index is 1.52. The number of rotatable bonds is 5. The van der Waals surface area contributed by atoms with E-state index in [-0.39, 0.29) is 0 Å². The molecule has 3 rings (SSSR count). The van der Waals surface area contributed by atoms with E-state index in [4.69, 9.17) is 0 Å². The molecular formula is C17H22N4S. The van der Waals surface area contributed by atoms with E-state index in [2.05, 4.69) is 39.3 Å². The molecule has 1 saturated carbocycles. The average Bonchev–Trinajstić information content (AvgIpc) is 2.97. The third-order valence-corrected chi connectivity index (χ3v) is 4.88. The normalized spacial score (nSPS) is 21.0. The molecule has 4 nitrogen and oxygen atoms in total. The third kappa shape index (κ3) is 3.97. The van der Waals surface area contributed by atoms with Gasteiger partial charge in [-0.15, -0.1) is 11.8 Å². The van der Waals surface area contributed by atoms with Gasteiger partial charge in [0.2, 0.25) is 0 Å². The second-order valence-corrected chi connectivity index (χ2v) is 6.86.